The summed E-state index contributed by atoms with van der Waals surface area (Å²) in [4.78, 5) is 10.5. The monoisotopic (exact) mass is 284 g/mol. The van der Waals surface area contributed by atoms with Crippen molar-refractivity contribution in [1.29, 1.82) is 0 Å². The van der Waals surface area contributed by atoms with Gasteiger partial charge in [-0.1, -0.05) is 0 Å². The van der Waals surface area contributed by atoms with Gasteiger partial charge in [-0.2, -0.15) is 0 Å². The number of carbonyl (C=O) groups is 1. The Morgan fingerprint density at radius 2 is 1.60 bits per heavy atom. The predicted octanol–water partition coefficient (Wildman–Crippen LogP) is -0.556. The topological polar surface area (TPSA) is 159 Å². The fourth-order valence-corrected chi connectivity index (χ4v) is 1.32. The standard InChI is InChI=1S/C6H8N2.C6H8O6/c7-5-1-2-6(8)4-3-5;7-1-2(8)5-3(9)4(10)6(11)12-5/h1-4H,7-8H2;2,5,7-10H,1H2/t;2-,5+/m.0/s1. The number of hydrogen-bond donors (Lipinski definition) is 6. The van der Waals surface area contributed by atoms with Gasteiger partial charge in [0.25, 0.3) is 0 Å². The third kappa shape index (κ3) is 3.77. The van der Waals surface area contributed by atoms with Crippen LogP contribution >= 0.6 is 0 Å². The molecule has 0 unspecified atom stereocenters. The summed E-state index contributed by atoms with van der Waals surface area (Å²) in [5.74, 6) is -2.78. The Morgan fingerprint density at radius 3 is 1.90 bits per heavy atom. The molecule has 1 aliphatic heterocycles. The van der Waals surface area contributed by atoms with Crippen molar-refractivity contribution in [3.8, 4) is 0 Å². The van der Waals surface area contributed by atoms with Gasteiger partial charge in [0, 0.05) is 11.4 Å². The van der Waals surface area contributed by atoms with Crippen LogP contribution in [-0.2, 0) is 9.53 Å². The number of benzene rings is 1. The number of nitrogen functional groups attached to an aromatic ring is 2. The van der Waals surface area contributed by atoms with Crippen LogP contribution in [0.2, 0.25) is 0 Å². The number of carbonyl (C=O) groups excluding carboxylic acids is 1. The summed E-state index contributed by atoms with van der Waals surface area (Å²) in [5, 5.41) is 35.0. The number of aliphatic hydroxyl groups excluding tert-OH is 4. The summed E-state index contributed by atoms with van der Waals surface area (Å²) in [7, 11) is 0. The smallest absolute Gasteiger partial charge is 0.377 e. The Labute approximate surface area is 114 Å². The predicted molar refractivity (Wildman–Crippen MR) is 70.5 cm³/mol. The molecule has 110 valence electrons. The number of nitrogens with two attached hydrogens (primary N) is 2. The minimum atomic E-state index is -1.42. The molecule has 8 nitrogen and oxygen atoms in total. The maximum Gasteiger partial charge on any atom is 0.377 e. The van der Waals surface area contributed by atoms with Crippen molar-refractivity contribution in [3.05, 3.63) is 35.8 Å². The van der Waals surface area contributed by atoms with Gasteiger partial charge in [-0.25, -0.2) is 4.79 Å². The second kappa shape index (κ2) is 6.64. The highest BCUT2D eigenvalue weighted by molar-refractivity contribution is 5.89. The van der Waals surface area contributed by atoms with E-state index in [0.717, 1.165) is 11.4 Å². The minimum absolute atomic E-state index is 0.671. The molecular formula is C12H16N2O6. The third-order valence-corrected chi connectivity index (χ3v) is 2.41. The number of hydrogen-bond acceptors (Lipinski definition) is 8. The average molecular weight is 284 g/mol. The van der Waals surface area contributed by atoms with E-state index in [1.807, 2.05) is 0 Å². The zero-order chi connectivity index (χ0) is 15.3. The fraction of sp³-hybridized carbons (Fsp3) is 0.250. The number of rotatable bonds is 2. The van der Waals surface area contributed by atoms with Crippen LogP contribution in [0, 0.1) is 0 Å². The summed E-state index contributed by atoms with van der Waals surface area (Å²) in [5.41, 5.74) is 12.2. The van der Waals surface area contributed by atoms with E-state index in [4.69, 9.17) is 31.9 Å². The van der Waals surface area contributed by atoms with E-state index in [1.54, 1.807) is 24.3 Å². The molecule has 0 saturated carbocycles. The zero-order valence-electron chi connectivity index (χ0n) is 10.4. The van der Waals surface area contributed by atoms with Crippen LogP contribution < -0.4 is 11.5 Å². The Kier molecular flexibility index (Phi) is 5.18. The van der Waals surface area contributed by atoms with E-state index >= 15 is 0 Å². The second-order valence-electron chi connectivity index (χ2n) is 3.98. The van der Waals surface area contributed by atoms with Crippen LogP contribution in [0.4, 0.5) is 11.4 Å². The van der Waals surface area contributed by atoms with Crippen LogP contribution in [0.15, 0.2) is 35.8 Å². The van der Waals surface area contributed by atoms with E-state index in [-0.39, 0.29) is 0 Å². The van der Waals surface area contributed by atoms with Gasteiger partial charge in [0.05, 0.1) is 6.61 Å². The van der Waals surface area contributed by atoms with Gasteiger partial charge >= 0.3 is 5.97 Å². The molecule has 1 aliphatic rings. The first-order chi connectivity index (χ1) is 9.36. The van der Waals surface area contributed by atoms with Crippen molar-refractivity contribution < 1.29 is 30.0 Å². The van der Waals surface area contributed by atoms with Crippen molar-refractivity contribution in [2.75, 3.05) is 18.1 Å². The first kappa shape index (κ1) is 15.6. The highest BCUT2D eigenvalue weighted by Gasteiger charge is 2.38. The number of ether oxygens (including phenoxy) is 1. The van der Waals surface area contributed by atoms with Crippen LogP contribution in [0.25, 0.3) is 0 Å². The molecule has 0 amide bonds. The molecule has 0 radical (unpaired) electrons. The molecule has 0 saturated heterocycles. The van der Waals surface area contributed by atoms with Gasteiger partial charge in [-0.3, -0.25) is 0 Å². The summed E-state index contributed by atoms with van der Waals surface area (Å²) in [6, 6.07) is 7.09. The van der Waals surface area contributed by atoms with Gasteiger partial charge in [-0.05, 0) is 24.3 Å². The Morgan fingerprint density at radius 1 is 1.15 bits per heavy atom. The summed E-state index contributed by atoms with van der Waals surface area (Å²) in [6.07, 6.45) is -2.78. The molecule has 8 heteroatoms. The van der Waals surface area contributed by atoms with E-state index in [9.17, 15) is 4.79 Å². The van der Waals surface area contributed by atoms with Crippen LogP contribution in [0.3, 0.4) is 0 Å². The van der Waals surface area contributed by atoms with E-state index in [2.05, 4.69) is 4.74 Å². The number of esters is 1. The molecule has 2 rings (SSSR count). The van der Waals surface area contributed by atoms with E-state index in [0.29, 0.717) is 0 Å². The first-order valence-electron chi connectivity index (χ1n) is 5.59. The summed E-state index contributed by atoms with van der Waals surface area (Å²) >= 11 is 0. The van der Waals surface area contributed by atoms with Crippen LogP contribution in [0.5, 0.6) is 0 Å². The lowest BCUT2D eigenvalue weighted by molar-refractivity contribution is -0.147. The Bertz CT molecular complexity index is 478. The first-order valence-corrected chi connectivity index (χ1v) is 5.59. The van der Waals surface area contributed by atoms with Crippen molar-refractivity contribution >= 4 is 17.3 Å². The Balaban J connectivity index is 0.000000217. The summed E-state index contributed by atoms with van der Waals surface area (Å²) in [6.45, 7) is -0.671. The molecule has 2 atom stereocenters. The number of anilines is 2. The third-order valence-electron chi connectivity index (χ3n) is 2.41. The molecule has 0 aromatic heterocycles. The maximum atomic E-state index is 10.5. The fourth-order valence-electron chi connectivity index (χ4n) is 1.32. The van der Waals surface area contributed by atoms with E-state index in [1.165, 1.54) is 0 Å². The average Bonchev–Trinajstić information content (AvgIpc) is 2.70. The normalized spacial score (nSPS) is 19.1. The molecule has 0 spiro atoms. The van der Waals surface area contributed by atoms with Gasteiger partial charge < -0.3 is 36.6 Å². The van der Waals surface area contributed by atoms with Crippen molar-refractivity contribution in [2.24, 2.45) is 0 Å². The molecule has 1 heterocycles. The lowest BCUT2D eigenvalue weighted by Gasteiger charge is -2.13. The van der Waals surface area contributed by atoms with Crippen LogP contribution in [-0.4, -0.2) is 45.2 Å². The minimum Gasteiger partial charge on any atom is -0.505 e. The highest BCUT2D eigenvalue weighted by atomic mass is 16.6. The number of aliphatic hydroxyl groups is 4. The van der Waals surface area contributed by atoms with Gasteiger partial charge in [0.1, 0.15) is 6.10 Å². The second-order valence-corrected chi connectivity index (χ2v) is 3.98. The largest absolute Gasteiger partial charge is 0.505 e. The lowest BCUT2D eigenvalue weighted by atomic mass is 10.2. The molecule has 1 aromatic rings. The molecule has 0 aliphatic carbocycles. The van der Waals surface area contributed by atoms with Crippen molar-refractivity contribution in [2.45, 2.75) is 12.2 Å². The Hall–Kier alpha value is -2.45. The van der Waals surface area contributed by atoms with Crippen molar-refractivity contribution in [3.63, 3.8) is 0 Å². The van der Waals surface area contributed by atoms with E-state index < -0.39 is 36.3 Å². The molecule has 0 bridgehead atoms. The van der Waals surface area contributed by atoms with Gasteiger partial charge in [-0.15, -0.1) is 0 Å². The highest BCUT2D eigenvalue weighted by Crippen LogP contribution is 2.20. The van der Waals surface area contributed by atoms with Crippen molar-refractivity contribution in [1.82, 2.24) is 0 Å². The molecule has 8 N–H and O–H groups in total. The van der Waals surface area contributed by atoms with Gasteiger partial charge in [0.15, 0.2) is 11.9 Å². The number of cyclic esters (lactones) is 1. The SMILES string of the molecule is Nc1ccc(N)cc1.O=C1O[C@H]([C@@H](O)CO)C(O)=C1O. The molecular weight excluding hydrogens is 268 g/mol. The quantitative estimate of drug-likeness (QED) is 0.311. The molecule has 20 heavy (non-hydrogen) atoms. The van der Waals surface area contributed by atoms with Gasteiger partial charge in [0.2, 0.25) is 5.76 Å². The molecule has 1 aromatic carbocycles. The van der Waals surface area contributed by atoms with Crippen LogP contribution in [0.1, 0.15) is 0 Å². The lowest BCUT2D eigenvalue weighted by Crippen LogP contribution is -2.31. The summed E-state index contributed by atoms with van der Waals surface area (Å²) < 4.78 is 4.32. The maximum absolute atomic E-state index is 10.5. The molecule has 0 fully saturated rings. The zero-order valence-corrected chi connectivity index (χ0v) is 10.4.